The summed E-state index contributed by atoms with van der Waals surface area (Å²) in [6.45, 7) is 7.27. The summed E-state index contributed by atoms with van der Waals surface area (Å²) < 4.78 is 10.7. The normalized spacial score (nSPS) is 10.7. The Morgan fingerprint density at radius 3 is 2.46 bits per heavy atom. The minimum Gasteiger partial charge on any atom is -0.497 e. The minimum atomic E-state index is -0.0276. The predicted molar refractivity (Wildman–Crippen MR) is 109 cm³/mol. The second kappa shape index (κ2) is 8.74. The van der Waals surface area contributed by atoms with Gasteiger partial charge in [-0.3, -0.25) is 4.79 Å². The highest BCUT2D eigenvalue weighted by molar-refractivity contribution is 5.94. The van der Waals surface area contributed by atoms with Crippen LogP contribution in [0.25, 0.3) is 11.3 Å². The molecule has 0 saturated heterocycles. The fourth-order valence-corrected chi connectivity index (χ4v) is 3.05. The Labute approximate surface area is 165 Å². The number of benzene rings is 2. The van der Waals surface area contributed by atoms with Gasteiger partial charge < -0.3 is 14.2 Å². The Hall–Kier alpha value is -3.08. The molecule has 0 saturated carbocycles. The van der Waals surface area contributed by atoms with Crippen LogP contribution in [-0.2, 0) is 6.54 Å². The van der Waals surface area contributed by atoms with E-state index in [1.165, 1.54) is 11.1 Å². The molecule has 0 radical (unpaired) electrons. The number of nitrogens with zero attached hydrogens (tertiary/aromatic N) is 2. The van der Waals surface area contributed by atoms with E-state index < -0.39 is 0 Å². The van der Waals surface area contributed by atoms with Crippen LogP contribution >= 0.6 is 0 Å². The molecule has 0 unspecified atom stereocenters. The molecule has 28 heavy (non-hydrogen) atoms. The summed E-state index contributed by atoms with van der Waals surface area (Å²) in [6.07, 6.45) is 0.865. The van der Waals surface area contributed by atoms with Crippen molar-refractivity contribution in [2.75, 3.05) is 13.7 Å². The molecule has 0 aliphatic heterocycles. The van der Waals surface area contributed by atoms with Crippen LogP contribution in [0.3, 0.4) is 0 Å². The summed E-state index contributed by atoms with van der Waals surface area (Å²) in [6, 6.07) is 15.3. The molecule has 1 heterocycles. The van der Waals surface area contributed by atoms with Gasteiger partial charge in [0.25, 0.3) is 5.91 Å². The first-order valence-electron chi connectivity index (χ1n) is 9.48. The van der Waals surface area contributed by atoms with Crippen LogP contribution in [-0.4, -0.2) is 29.6 Å². The molecular weight excluding hydrogens is 352 g/mol. The number of hydrogen-bond donors (Lipinski definition) is 0. The van der Waals surface area contributed by atoms with Crippen LogP contribution < -0.4 is 4.74 Å². The van der Waals surface area contributed by atoms with Crippen LogP contribution in [0.15, 0.2) is 53.1 Å². The third-order valence-corrected chi connectivity index (χ3v) is 4.82. The van der Waals surface area contributed by atoms with E-state index in [0.717, 1.165) is 23.4 Å². The number of amides is 1. The number of carbonyl (C=O) groups is 1. The monoisotopic (exact) mass is 378 g/mol. The largest absolute Gasteiger partial charge is 0.497 e. The molecule has 1 aromatic heterocycles. The third kappa shape index (κ3) is 4.42. The number of methoxy groups -OCH3 is 1. The summed E-state index contributed by atoms with van der Waals surface area (Å²) in [5, 5.41) is 4.18. The SMILES string of the molecule is CCCN(Cc1cc(-c2ccc(C)c(C)c2)on1)C(=O)c1ccc(OC)cc1. The minimum absolute atomic E-state index is 0.0276. The third-order valence-electron chi connectivity index (χ3n) is 4.82. The van der Waals surface area contributed by atoms with Gasteiger partial charge in [0, 0.05) is 23.7 Å². The molecule has 3 aromatic rings. The van der Waals surface area contributed by atoms with Gasteiger partial charge in [0.1, 0.15) is 11.4 Å². The van der Waals surface area contributed by atoms with Crippen molar-refractivity contribution in [1.29, 1.82) is 0 Å². The second-order valence-corrected chi connectivity index (χ2v) is 6.94. The van der Waals surface area contributed by atoms with Crippen LogP contribution in [0.1, 0.15) is 40.5 Å². The van der Waals surface area contributed by atoms with Crippen LogP contribution in [0.5, 0.6) is 5.75 Å². The quantitative estimate of drug-likeness (QED) is 0.579. The summed E-state index contributed by atoms with van der Waals surface area (Å²) in [7, 11) is 1.61. The van der Waals surface area contributed by atoms with Gasteiger partial charge in [0.2, 0.25) is 0 Å². The van der Waals surface area contributed by atoms with Gasteiger partial charge in [-0.05, 0) is 61.7 Å². The van der Waals surface area contributed by atoms with Crippen molar-refractivity contribution in [3.05, 3.63) is 70.9 Å². The van der Waals surface area contributed by atoms with Crippen molar-refractivity contribution >= 4 is 5.91 Å². The number of carbonyl (C=O) groups excluding carboxylic acids is 1. The van der Waals surface area contributed by atoms with E-state index in [1.807, 2.05) is 12.1 Å². The van der Waals surface area contributed by atoms with Gasteiger partial charge in [-0.25, -0.2) is 0 Å². The standard InChI is InChI=1S/C23H26N2O3/c1-5-12-25(23(26)18-8-10-21(27-4)11-9-18)15-20-14-22(28-24-20)19-7-6-16(2)17(3)13-19/h6-11,13-14H,5,12,15H2,1-4H3. The van der Waals surface area contributed by atoms with Gasteiger partial charge in [-0.2, -0.15) is 0 Å². The van der Waals surface area contributed by atoms with Crippen molar-refractivity contribution in [1.82, 2.24) is 10.1 Å². The van der Waals surface area contributed by atoms with Crippen LogP contribution in [0.2, 0.25) is 0 Å². The zero-order chi connectivity index (χ0) is 20.1. The summed E-state index contributed by atoms with van der Waals surface area (Å²) in [5.74, 6) is 1.42. The van der Waals surface area contributed by atoms with Crippen molar-refractivity contribution in [2.24, 2.45) is 0 Å². The average Bonchev–Trinajstić information content (AvgIpc) is 3.18. The molecule has 146 valence electrons. The highest BCUT2D eigenvalue weighted by Crippen LogP contribution is 2.24. The van der Waals surface area contributed by atoms with E-state index in [9.17, 15) is 4.79 Å². The van der Waals surface area contributed by atoms with E-state index in [-0.39, 0.29) is 5.91 Å². The van der Waals surface area contributed by atoms with Gasteiger partial charge in [0.15, 0.2) is 5.76 Å². The van der Waals surface area contributed by atoms with Gasteiger partial charge in [0.05, 0.1) is 13.7 Å². The Kier molecular flexibility index (Phi) is 6.14. The van der Waals surface area contributed by atoms with Crippen molar-refractivity contribution in [3.63, 3.8) is 0 Å². The smallest absolute Gasteiger partial charge is 0.254 e. The number of rotatable bonds is 7. The molecule has 0 fully saturated rings. The van der Waals surface area contributed by atoms with E-state index in [0.29, 0.717) is 24.4 Å². The first-order chi connectivity index (χ1) is 13.5. The van der Waals surface area contributed by atoms with Gasteiger partial charge >= 0.3 is 0 Å². The molecule has 0 aliphatic rings. The van der Waals surface area contributed by atoms with Crippen LogP contribution in [0.4, 0.5) is 0 Å². The fourth-order valence-electron chi connectivity index (χ4n) is 3.05. The maximum Gasteiger partial charge on any atom is 0.254 e. The molecule has 0 atom stereocenters. The second-order valence-electron chi connectivity index (χ2n) is 6.94. The first kappa shape index (κ1) is 19.7. The Bertz CT molecular complexity index is 945. The number of aromatic nitrogens is 1. The van der Waals surface area contributed by atoms with Crippen molar-refractivity contribution < 1.29 is 14.1 Å². The summed E-state index contributed by atoms with van der Waals surface area (Å²) >= 11 is 0. The first-order valence-corrected chi connectivity index (χ1v) is 9.48. The van der Waals surface area contributed by atoms with Gasteiger partial charge in [-0.15, -0.1) is 0 Å². The van der Waals surface area contributed by atoms with E-state index in [4.69, 9.17) is 9.26 Å². The number of aryl methyl sites for hydroxylation is 2. The average molecular weight is 378 g/mol. The van der Waals surface area contributed by atoms with Crippen molar-refractivity contribution in [3.8, 4) is 17.1 Å². The summed E-state index contributed by atoms with van der Waals surface area (Å²) in [4.78, 5) is 14.7. The Morgan fingerprint density at radius 2 is 1.82 bits per heavy atom. The number of hydrogen-bond acceptors (Lipinski definition) is 4. The highest BCUT2D eigenvalue weighted by Gasteiger charge is 2.18. The molecule has 3 rings (SSSR count). The molecule has 5 nitrogen and oxygen atoms in total. The lowest BCUT2D eigenvalue weighted by Crippen LogP contribution is -2.31. The lowest BCUT2D eigenvalue weighted by molar-refractivity contribution is 0.0739. The molecule has 0 bridgehead atoms. The molecule has 0 N–H and O–H groups in total. The Morgan fingerprint density at radius 1 is 1.07 bits per heavy atom. The molecule has 0 aliphatic carbocycles. The number of ether oxygens (including phenoxy) is 1. The van der Waals surface area contributed by atoms with Crippen molar-refractivity contribution in [2.45, 2.75) is 33.7 Å². The van der Waals surface area contributed by atoms with E-state index in [1.54, 1.807) is 36.3 Å². The van der Waals surface area contributed by atoms with E-state index in [2.05, 4.69) is 38.1 Å². The van der Waals surface area contributed by atoms with E-state index >= 15 is 0 Å². The molecular formula is C23H26N2O3. The molecule has 1 amide bonds. The van der Waals surface area contributed by atoms with Gasteiger partial charge in [-0.1, -0.05) is 24.2 Å². The topological polar surface area (TPSA) is 55.6 Å². The Balaban J connectivity index is 1.77. The predicted octanol–water partition coefficient (Wildman–Crippen LogP) is 5.02. The highest BCUT2D eigenvalue weighted by atomic mass is 16.5. The zero-order valence-electron chi connectivity index (χ0n) is 16.9. The molecule has 2 aromatic carbocycles. The van der Waals surface area contributed by atoms with Crippen LogP contribution in [0, 0.1) is 13.8 Å². The lowest BCUT2D eigenvalue weighted by Gasteiger charge is -2.21. The molecule has 0 spiro atoms. The zero-order valence-corrected chi connectivity index (χ0v) is 16.9. The maximum absolute atomic E-state index is 12.9. The lowest BCUT2D eigenvalue weighted by atomic mass is 10.0. The molecule has 5 heteroatoms. The maximum atomic E-state index is 12.9. The summed E-state index contributed by atoms with van der Waals surface area (Å²) in [5.41, 5.74) is 4.81. The fraction of sp³-hybridized carbons (Fsp3) is 0.304.